The smallest absolute Gasteiger partial charge is 0.326 e. The van der Waals surface area contributed by atoms with Crippen LogP contribution in [0, 0.1) is 0 Å². The molecule has 21 heavy (non-hydrogen) atoms. The fraction of sp³-hybridized carbons (Fsp3) is 0.667. The van der Waals surface area contributed by atoms with Crippen LogP contribution in [0.3, 0.4) is 0 Å². The molecule has 118 valence electrons. The molecule has 1 aliphatic rings. The molecular weight excluding hydrogens is 280 g/mol. The Morgan fingerprint density at radius 3 is 2.33 bits per heavy atom. The van der Waals surface area contributed by atoms with Gasteiger partial charge in [-0.25, -0.2) is 9.59 Å². The number of primary amides is 1. The van der Waals surface area contributed by atoms with Gasteiger partial charge in [0, 0.05) is 19.5 Å². The van der Waals surface area contributed by atoms with E-state index in [9.17, 15) is 19.2 Å². The summed E-state index contributed by atoms with van der Waals surface area (Å²) in [5.41, 5.74) is 4.93. The standard InChI is InChI=1S/C12H20N4O5/c13-9(17)4-3-8(11(19)20)15-12(21)14-7-10(18)16-5-1-2-6-16/h8H,1-7H2,(H2,13,17)(H,19,20)(H2,14,15,21)/t8-/m0/s1. The molecule has 1 heterocycles. The predicted octanol–water partition coefficient (Wildman–Crippen LogP) is -1.37. The number of carboxylic acid groups (broad SMARTS) is 1. The number of amides is 4. The molecule has 0 bridgehead atoms. The van der Waals surface area contributed by atoms with Gasteiger partial charge >= 0.3 is 12.0 Å². The summed E-state index contributed by atoms with van der Waals surface area (Å²) in [7, 11) is 0. The van der Waals surface area contributed by atoms with Crippen molar-refractivity contribution in [1.82, 2.24) is 15.5 Å². The Morgan fingerprint density at radius 1 is 1.19 bits per heavy atom. The average Bonchev–Trinajstić information content (AvgIpc) is 2.94. The van der Waals surface area contributed by atoms with Crippen molar-refractivity contribution in [3.05, 3.63) is 0 Å². The number of hydrogen-bond acceptors (Lipinski definition) is 4. The van der Waals surface area contributed by atoms with Crippen LogP contribution in [-0.2, 0) is 14.4 Å². The monoisotopic (exact) mass is 300 g/mol. The second-order valence-corrected chi connectivity index (χ2v) is 4.81. The molecule has 4 amide bonds. The van der Waals surface area contributed by atoms with Gasteiger partial charge in [-0.2, -0.15) is 0 Å². The summed E-state index contributed by atoms with van der Waals surface area (Å²) in [6.07, 6.45) is 1.65. The van der Waals surface area contributed by atoms with Gasteiger partial charge in [-0.05, 0) is 19.3 Å². The van der Waals surface area contributed by atoms with Crippen molar-refractivity contribution < 1.29 is 24.3 Å². The molecule has 1 fully saturated rings. The Morgan fingerprint density at radius 2 is 1.81 bits per heavy atom. The average molecular weight is 300 g/mol. The second kappa shape index (κ2) is 8.08. The quantitative estimate of drug-likeness (QED) is 0.459. The third kappa shape index (κ3) is 6.11. The van der Waals surface area contributed by atoms with Crippen molar-refractivity contribution >= 4 is 23.8 Å². The number of likely N-dealkylation sites (tertiary alicyclic amines) is 1. The first kappa shape index (κ1) is 16.7. The molecule has 5 N–H and O–H groups in total. The zero-order chi connectivity index (χ0) is 15.8. The zero-order valence-electron chi connectivity index (χ0n) is 11.6. The van der Waals surface area contributed by atoms with E-state index in [0.29, 0.717) is 13.1 Å². The number of aliphatic carboxylic acids is 1. The van der Waals surface area contributed by atoms with Gasteiger partial charge in [0.15, 0.2) is 0 Å². The highest BCUT2D eigenvalue weighted by Crippen LogP contribution is 2.06. The molecule has 0 aromatic heterocycles. The van der Waals surface area contributed by atoms with E-state index in [1.54, 1.807) is 4.90 Å². The van der Waals surface area contributed by atoms with E-state index in [-0.39, 0.29) is 25.3 Å². The fourth-order valence-electron chi connectivity index (χ4n) is 1.99. The maximum atomic E-state index is 11.7. The van der Waals surface area contributed by atoms with Crippen molar-refractivity contribution in [3.63, 3.8) is 0 Å². The van der Waals surface area contributed by atoms with Gasteiger partial charge in [0.25, 0.3) is 0 Å². The van der Waals surface area contributed by atoms with E-state index in [1.165, 1.54) is 0 Å². The largest absolute Gasteiger partial charge is 0.480 e. The van der Waals surface area contributed by atoms with Crippen molar-refractivity contribution in [2.45, 2.75) is 31.7 Å². The summed E-state index contributed by atoms with van der Waals surface area (Å²) >= 11 is 0. The van der Waals surface area contributed by atoms with Crippen molar-refractivity contribution in [3.8, 4) is 0 Å². The first-order valence-electron chi connectivity index (χ1n) is 6.73. The topological polar surface area (TPSA) is 142 Å². The van der Waals surface area contributed by atoms with Crippen molar-refractivity contribution in [2.75, 3.05) is 19.6 Å². The van der Waals surface area contributed by atoms with E-state index in [1.807, 2.05) is 0 Å². The molecule has 0 aromatic rings. The lowest BCUT2D eigenvalue weighted by Crippen LogP contribution is -2.48. The summed E-state index contributed by atoms with van der Waals surface area (Å²) in [6.45, 7) is 1.17. The Labute approximate surface area is 121 Å². The Hall–Kier alpha value is -2.32. The van der Waals surface area contributed by atoms with Crippen LogP contribution in [0.15, 0.2) is 0 Å². The van der Waals surface area contributed by atoms with Crippen molar-refractivity contribution in [2.24, 2.45) is 5.73 Å². The van der Waals surface area contributed by atoms with E-state index in [0.717, 1.165) is 12.8 Å². The fourth-order valence-corrected chi connectivity index (χ4v) is 1.99. The number of nitrogens with two attached hydrogens (primary N) is 1. The number of carbonyl (C=O) groups excluding carboxylic acids is 3. The summed E-state index contributed by atoms with van der Waals surface area (Å²) in [4.78, 5) is 46.4. The number of hydrogen-bond donors (Lipinski definition) is 4. The van der Waals surface area contributed by atoms with E-state index in [2.05, 4.69) is 10.6 Å². The number of carbonyl (C=O) groups is 4. The molecule has 9 nitrogen and oxygen atoms in total. The lowest BCUT2D eigenvalue weighted by molar-refractivity contribution is -0.139. The second-order valence-electron chi connectivity index (χ2n) is 4.81. The first-order valence-corrected chi connectivity index (χ1v) is 6.73. The lowest BCUT2D eigenvalue weighted by Gasteiger charge is -2.17. The van der Waals surface area contributed by atoms with Crippen LogP contribution in [0.4, 0.5) is 4.79 Å². The normalized spacial score (nSPS) is 15.3. The Balaban J connectivity index is 2.33. The van der Waals surface area contributed by atoms with Crippen LogP contribution in [-0.4, -0.2) is 59.5 Å². The van der Waals surface area contributed by atoms with Crippen LogP contribution in [0.25, 0.3) is 0 Å². The molecule has 9 heteroatoms. The minimum Gasteiger partial charge on any atom is -0.480 e. The van der Waals surface area contributed by atoms with E-state index < -0.39 is 23.9 Å². The van der Waals surface area contributed by atoms with Crippen LogP contribution in [0.5, 0.6) is 0 Å². The molecule has 0 spiro atoms. The summed E-state index contributed by atoms with van der Waals surface area (Å²) in [6, 6.07) is -1.99. The van der Waals surface area contributed by atoms with Gasteiger partial charge in [0.1, 0.15) is 6.04 Å². The first-order chi connectivity index (χ1) is 9.90. The SMILES string of the molecule is NC(=O)CC[C@H](NC(=O)NCC(=O)N1CCCC1)C(=O)O. The van der Waals surface area contributed by atoms with Gasteiger partial charge in [-0.1, -0.05) is 0 Å². The summed E-state index contributed by atoms with van der Waals surface area (Å²) in [5.74, 6) is -2.11. The van der Waals surface area contributed by atoms with Gasteiger partial charge in [0.2, 0.25) is 11.8 Å². The number of rotatable bonds is 7. The van der Waals surface area contributed by atoms with E-state index in [4.69, 9.17) is 10.8 Å². The molecule has 1 saturated heterocycles. The van der Waals surface area contributed by atoms with Gasteiger partial charge < -0.3 is 26.4 Å². The van der Waals surface area contributed by atoms with Crippen LogP contribution in [0.2, 0.25) is 0 Å². The molecule has 0 aromatic carbocycles. The maximum absolute atomic E-state index is 11.7. The third-order valence-electron chi connectivity index (χ3n) is 3.14. The predicted molar refractivity (Wildman–Crippen MR) is 72.2 cm³/mol. The molecule has 1 aliphatic heterocycles. The summed E-state index contributed by atoms with van der Waals surface area (Å²) < 4.78 is 0. The highest BCUT2D eigenvalue weighted by atomic mass is 16.4. The maximum Gasteiger partial charge on any atom is 0.326 e. The number of urea groups is 1. The highest BCUT2D eigenvalue weighted by Gasteiger charge is 2.22. The molecule has 1 atom stereocenters. The molecule has 0 unspecified atom stereocenters. The number of nitrogens with one attached hydrogen (secondary N) is 2. The Kier molecular flexibility index (Phi) is 6.44. The number of nitrogens with zero attached hydrogens (tertiary/aromatic N) is 1. The van der Waals surface area contributed by atoms with E-state index >= 15 is 0 Å². The molecule has 0 radical (unpaired) electrons. The van der Waals surface area contributed by atoms with Gasteiger partial charge in [-0.15, -0.1) is 0 Å². The number of carboxylic acids is 1. The molecule has 0 aliphatic carbocycles. The summed E-state index contributed by atoms with van der Waals surface area (Å²) in [5, 5.41) is 13.4. The third-order valence-corrected chi connectivity index (χ3v) is 3.14. The minimum absolute atomic E-state index is 0.0990. The van der Waals surface area contributed by atoms with Crippen LogP contribution in [0.1, 0.15) is 25.7 Å². The molecule has 1 rings (SSSR count). The molecule has 0 saturated carbocycles. The molecular formula is C12H20N4O5. The Bertz CT molecular complexity index is 420. The minimum atomic E-state index is -1.27. The zero-order valence-corrected chi connectivity index (χ0v) is 11.6. The van der Waals surface area contributed by atoms with Gasteiger partial charge in [-0.3, -0.25) is 9.59 Å². The van der Waals surface area contributed by atoms with Gasteiger partial charge in [0.05, 0.1) is 6.54 Å². The van der Waals surface area contributed by atoms with Crippen molar-refractivity contribution in [1.29, 1.82) is 0 Å². The highest BCUT2D eigenvalue weighted by molar-refractivity contribution is 5.87. The van der Waals surface area contributed by atoms with Crippen LogP contribution >= 0.6 is 0 Å². The lowest BCUT2D eigenvalue weighted by atomic mass is 10.1. The van der Waals surface area contributed by atoms with Crippen LogP contribution < -0.4 is 16.4 Å².